The first-order valence-corrected chi connectivity index (χ1v) is 7.35. The standard InChI is InChI=1S/C16H21NO3/c1-12-7-10-20-15(12)16(18)17(14-8-9-19-11-14)13-5-3-2-4-6-13/h2-6,12,14-15H,7-11H2,1H3/t12-,14+,15+/m1/s1. The summed E-state index contributed by atoms with van der Waals surface area (Å²) in [5, 5.41) is 0. The van der Waals surface area contributed by atoms with Gasteiger partial charge in [-0.25, -0.2) is 0 Å². The molecule has 2 aliphatic rings. The molecule has 1 aromatic rings. The molecule has 1 aromatic carbocycles. The molecule has 0 aliphatic carbocycles. The molecule has 3 rings (SSSR count). The van der Waals surface area contributed by atoms with Crippen LogP contribution in [-0.2, 0) is 14.3 Å². The maximum Gasteiger partial charge on any atom is 0.256 e. The summed E-state index contributed by atoms with van der Waals surface area (Å²) in [5.74, 6) is 0.368. The van der Waals surface area contributed by atoms with Gasteiger partial charge in [-0.2, -0.15) is 0 Å². The van der Waals surface area contributed by atoms with Crippen molar-refractivity contribution < 1.29 is 14.3 Å². The molecule has 3 atom stereocenters. The van der Waals surface area contributed by atoms with E-state index in [-0.39, 0.29) is 24.0 Å². The molecule has 2 aliphatic heterocycles. The van der Waals surface area contributed by atoms with Crippen molar-refractivity contribution in [2.75, 3.05) is 24.7 Å². The second-order valence-electron chi connectivity index (χ2n) is 5.62. The molecule has 2 heterocycles. The highest BCUT2D eigenvalue weighted by Crippen LogP contribution is 2.28. The highest BCUT2D eigenvalue weighted by molar-refractivity contribution is 5.97. The molecule has 0 saturated carbocycles. The molecule has 0 aromatic heterocycles. The second-order valence-corrected chi connectivity index (χ2v) is 5.62. The fourth-order valence-corrected chi connectivity index (χ4v) is 2.98. The average molecular weight is 275 g/mol. The second kappa shape index (κ2) is 5.94. The van der Waals surface area contributed by atoms with Gasteiger partial charge in [0.25, 0.3) is 5.91 Å². The van der Waals surface area contributed by atoms with E-state index in [0.29, 0.717) is 13.2 Å². The molecular weight excluding hydrogens is 254 g/mol. The van der Waals surface area contributed by atoms with Crippen molar-refractivity contribution in [3.8, 4) is 0 Å². The van der Waals surface area contributed by atoms with Gasteiger partial charge in [0.05, 0.1) is 12.6 Å². The highest BCUT2D eigenvalue weighted by atomic mass is 16.5. The van der Waals surface area contributed by atoms with Crippen LogP contribution in [0.5, 0.6) is 0 Å². The van der Waals surface area contributed by atoms with Gasteiger partial charge in [0.1, 0.15) is 6.10 Å². The predicted octanol–water partition coefficient (Wildman–Crippen LogP) is 2.23. The zero-order valence-corrected chi connectivity index (χ0v) is 11.8. The topological polar surface area (TPSA) is 38.8 Å². The zero-order chi connectivity index (χ0) is 13.9. The van der Waals surface area contributed by atoms with E-state index >= 15 is 0 Å². The van der Waals surface area contributed by atoms with Gasteiger partial charge < -0.3 is 14.4 Å². The highest BCUT2D eigenvalue weighted by Gasteiger charge is 2.38. The number of amides is 1. The summed E-state index contributed by atoms with van der Waals surface area (Å²) in [6.45, 7) is 4.11. The van der Waals surface area contributed by atoms with E-state index in [0.717, 1.165) is 25.1 Å². The van der Waals surface area contributed by atoms with Gasteiger partial charge in [-0.1, -0.05) is 25.1 Å². The smallest absolute Gasteiger partial charge is 0.256 e. The van der Waals surface area contributed by atoms with Crippen molar-refractivity contribution in [3.05, 3.63) is 30.3 Å². The Morgan fingerprint density at radius 2 is 2.00 bits per heavy atom. The molecule has 108 valence electrons. The van der Waals surface area contributed by atoms with Crippen LogP contribution in [-0.4, -0.2) is 37.9 Å². The number of benzene rings is 1. The van der Waals surface area contributed by atoms with Gasteiger partial charge in [0.2, 0.25) is 0 Å². The third kappa shape index (κ3) is 2.58. The lowest BCUT2D eigenvalue weighted by atomic mass is 10.0. The van der Waals surface area contributed by atoms with Crippen LogP contribution in [0.2, 0.25) is 0 Å². The Morgan fingerprint density at radius 3 is 2.60 bits per heavy atom. The van der Waals surface area contributed by atoms with Gasteiger partial charge in [-0.3, -0.25) is 4.79 Å². The summed E-state index contributed by atoms with van der Waals surface area (Å²) in [7, 11) is 0. The third-order valence-corrected chi connectivity index (χ3v) is 4.17. The summed E-state index contributed by atoms with van der Waals surface area (Å²) in [5.41, 5.74) is 0.940. The number of carbonyl (C=O) groups excluding carboxylic acids is 1. The lowest BCUT2D eigenvalue weighted by Crippen LogP contribution is -2.47. The number of hydrogen-bond acceptors (Lipinski definition) is 3. The Balaban J connectivity index is 1.87. The maximum atomic E-state index is 12.9. The molecule has 0 bridgehead atoms. The number of nitrogens with zero attached hydrogens (tertiary/aromatic N) is 1. The third-order valence-electron chi connectivity index (χ3n) is 4.17. The molecule has 2 saturated heterocycles. The number of rotatable bonds is 3. The Hall–Kier alpha value is -1.39. The summed E-state index contributed by atoms with van der Waals surface area (Å²) < 4.78 is 11.1. The van der Waals surface area contributed by atoms with E-state index in [9.17, 15) is 4.79 Å². The van der Waals surface area contributed by atoms with Crippen molar-refractivity contribution in [1.29, 1.82) is 0 Å². The largest absolute Gasteiger partial charge is 0.379 e. The van der Waals surface area contributed by atoms with Crippen molar-refractivity contribution in [1.82, 2.24) is 0 Å². The first-order chi connectivity index (χ1) is 9.77. The van der Waals surface area contributed by atoms with Crippen LogP contribution in [0.4, 0.5) is 5.69 Å². The molecule has 0 N–H and O–H groups in total. The summed E-state index contributed by atoms with van der Waals surface area (Å²) in [4.78, 5) is 14.8. The summed E-state index contributed by atoms with van der Waals surface area (Å²) >= 11 is 0. The zero-order valence-electron chi connectivity index (χ0n) is 11.8. The maximum absolute atomic E-state index is 12.9. The van der Waals surface area contributed by atoms with Crippen LogP contribution >= 0.6 is 0 Å². The molecule has 4 heteroatoms. The van der Waals surface area contributed by atoms with Crippen molar-refractivity contribution in [3.63, 3.8) is 0 Å². The Labute approximate surface area is 119 Å². The number of anilines is 1. The fourth-order valence-electron chi connectivity index (χ4n) is 2.98. The van der Waals surface area contributed by atoms with Crippen molar-refractivity contribution in [2.45, 2.75) is 31.9 Å². The average Bonchev–Trinajstić information content (AvgIpc) is 3.12. The Morgan fingerprint density at radius 1 is 1.20 bits per heavy atom. The lowest BCUT2D eigenvalue weighted by molar-refractivity contribution is -0.129. The number of ether oxygens (including phenoxy) is 2. The van der Waals surface area contributed by atoms with Crippen LogP contribution in [0.25, 0.3) is 0 Å². The normalized spacial score (nSPS) is 29.6. The van der Waals surface area contributed by atoms with Gasteiger partial charge in [0, 0.05) is 18.9 Å². The molecule has 1 amide bonds. The number of hydrogen-bond donors (Lipinski definition) is 0. The monoisotopic (exact) mass is 275 g/mol. The van der Waals surface area contributed by atoms with E-state index in [2.05, 4.69) is 6.92 Å². The first-order valence-electron chi connectivity index (χ1n) is 7.35. The number of para-hydroxylation sites is 1. The van der Waals surface area contributed by atoms with E-state index in [1.807, 2.05) is 35.2 Å². The number of carbonyl (C=O) groups is 1. The molecule has 4 nitrogen and oxygen atoms in total. The molecule has 2 fully saturated rings. The van der Waals surface area contributed by atoms with E-state index < -0.39 is 0 Å². The van der Waals surface area contributed by atoms with E-state index in [1.165, 1.54) is 0 Å². The van der Waals surface area contributed by atoms with Crippen LogP contribution < -0.4 is 4.90 Å². The van der Waals surface area contributed by atoms with Gasteiger partial charge >= 0.3 is 0 Å². The van der Waals surface area contributed by atoms with Crippen LogP contribution in [0, 0.1) is 5.92 Å². The van der Waals surface area contributed by atoms with Crippen LogP contribution in [0.1, 0.15) is 19.8 Å². The molecule has 0 radical (unpaired) electrons. The first kappa shape index (κ1) is 13.6. The minimum atomic E-state index is -0.309. The summed E-state index contributed by atoms with van der Waals surface area (Å²) in [6.07, 6.45) is 1.54. The van der Waals surface area contributed by atoms with E-state index in [1.54, 1.807) is 0 Å². The molecule has 20 heavy (non-hydrogen) atoms. The van der Waals surface area contributed by atoms with Gasteiger partial charge in [-0.05, 0) is 30.9 Å². The fraction of sp³-hybridized carbons (Fsp3) is 0.562. The van der Waals surface area contributed by atoms with Crippen LogP contribution in [0.3, 0.4) is 0 Å². The van der Waals surface area contributed by atoms with Gasteiger partial charge in [0.15, 0.2) is 0 Å². The van der Waals surface area contributed by atoms with Gasteiger partial charge in [-0.15, -0.1) is 0 Å². The van der Waals surface area contributed by atoms with Crippen LogP contribution in [0.15, 0.2) is 30.3 Å². The minimum absolute atomic E-state index is 0.0803. The van der Waals surface area contributed by atoms with Crippen molar-refractivity contribution >= 4 is 11.6 Å². The Bertz CT molecular complexity index is 456. The molecule has 0 spiro atoms. The predicted molar refractivity (Wildman–Crippen MR) is 76.7 cm³/mol. The SMILES string of the molecule is C[C@@H]1CCO[C@@H]1C(=O)N(c1ccccc1)[C@H]1CCOC1. The quantitative estimate of drug-likeness (QED) is 0.849. The van der Waals surface area contributed by atoms with Crippen molar-refractivity contribution in [2.24, 2.45) is 5.92 Å². The summed E-state index contributed by atoms with van der Waals surface area (Å²) in [6, 6.07) is 9.98. The minimum Gasteiger partial charge on any atom is -0.379 e. The Kier molecular flexibility index (Phi) is 4.03. The van der Waals surface area contributed by atoms with E-state index in [4.69, 9.17) is 9.47 Å². The molecule has 0 unspecified atom stereocenters. The molecular formula is C16H21NO3. The lowest BCUT2D eigenvalue weighted by Gasteiger charge is -2.31.